The number of ether oxygens (including phenoxy) is 2. The van der Waals surface area contributed by atoms with Crippen molar-refractivity contribution in [3.8, 4) is 22.5 Å². The number of hydrogen-bond acceptors (Lipinski definition) is 11. The molecule has 0 radical (unpaired) electrons. The number of rotatable bonds is 24. The van der Waals surface area contributed by atoms with Gasteiger partial charge in [-0.25, -0.2) is 4.68 Å². The van der Waals surface area contributed by atoms with Crippen LogP contribution >= 0.6 is 0 Å². The van der Waals surface area contributed by atoms with Crippen LogP contribution in [0.5, 0.6) is 0 Å². The summed E-state index contributed by atoms with van der Waals surface area (Å²) in [6.07, 6.45) is 1.49. The van der Waals surface area contributed by atoms with Gasteiger partial charge in [-0.2, -0.15) is 0 Å². The van der Waals surface area contributed by atoms with Crippen LogP contribution in [0, 0.1) is 11.3 Å². The molecule has 2 heterocycles. The first-order valence-corrected chi connectivity index (χ1v) is 24.8. The fraction of sp³-hybridized carbons (Fsp3) is 0.500. The van der Waals surface area contributed by atoms with Crippen molar-refractivity contribution in [2.45, 2.75) is 132 Å². The largest absolute Gasteiger partial charge is 0.461 e. The molecule has 0 spiro atoms. The van der Waals surface area contributed by atoms with E-state index in [9.17, 15) is 33.6 Å². The number of fused-ring (bicyclic) bond motifs is 5. The van der Waals surface area contributed by atoms with Crippen LogP contribution < -0.4 is 26.2 Å². The monoisotopic (exact) mass is 992 g/mol. The molecule has 1 aromatic heterocycles. The van der Waals surface area contributed by atoms with E-state index in [0.717, 1.165) is 33.6 Å². The number of carbonyl (C=O) groups excluding carboxylic acids is 7. The predicted molar refractivity (Wildman–Crippen MR) is 275 cm³/mol. The normalized spacial score (nSPS) is 12.6. The maximum atomic E-state index is 14.0. The van der Waals surface area contributed by atoms with Gasteiger partial charge < -0.3 is 40.5 Å². The number of amides is 6. The minimum atomic E-state index is -0.884. The average Bonchev–Trinajstić information content (AvgIpc) is 3.77. The van der Waals surface area contributed by atoms with Gasteiger partial charge in [0.1, 0.15) is 18.3 Å². The standard InChI is InChI=1S/C54H73N9O9/c1-35(2)48(51(69)56-32-45(66)57-40-24-22-38(23-25-40)34-71-37(5)64)58-44(65)20-15-21-46(67)61(10)30-27-54(8,9)72-31-28-53(6,7)52(70)55-29-26-47(68)62-33-39-16-11-12-17-41(39)50-49(59-60-63(50)36(3)4)42-18-13-14-19-43(42)62/h11-14,16-19,22-25,35-36,48H,15,20-21,26-34H2,1-10H3,(H,55,70)(H,56,69)(H,57,66)(H,58,65). The molecule has 72 heavy (non-hydrogen) atoms. The van der Waals surface area contributed by atoms with E-state index in [4.69, 9.17) is 9.47 Å². The molecule has 0 bridgehead atoms. The Balaban J connectivity index is 0.997. The number of nitrogens with zero attached hydrogens (tertiary/aromatic N) is 5. The number of benzene rings is 3. The van der Waals surface area contributed by atoms with Crippen LogP contribution in [-0.4, -0.2) is 106 Å². The molecular formula is C54H73N9O9. The van der Waals surface area contributed by atoms with E-state index in [1.165, 1.54) is 6.92 Å². The van der Waals surface area contributed by atoms with Crippen molar-refractivity contribution in [2.24, 2.45) is 11.3 Å². The van der Waals surface area contributed by atoms with Gasteiger partial charge in [0.25, 0.3) is 0 Å². The predicted octanol–water partition coefficient (Wildman–Crippen LogP) is 6.74. The van der Waals surface area contributed by atoms with Gasteiger partial charge >= 0.3 is 5.97 Å². The Morgan fingerprint density at radius 2 is 1.49 bits per heavy atom. The van der Waals surface area contributed by atoms with E-state index in [1.807, 2.05) is 80.9 Å². The van der Waals surface area contributed by atoms with Gasteiger partial charge in [0.05, 0.1) is 30.1 Å². The van der Waals surface area contributed by atoms with Gasteiger partial charge in [-0.15, -0.1) is 5.10 Å². The zero-order valence-electron chi connectivity index (χ0n) is 43.6. The van der Waals surface area contributed by atoms with Crippen LogP contribution in [0.4, 0.5) is 11.4 Å². The lowest BCUT2D eigenvalue weighted by Gasteiger charge is -2.31. The number of aromatic nitrogens is 3. The summed E-state index contributed by atoms with van der Waals surface area (Å²) < 4.78 is 13.1. The van der Waals surface area contributed by atoms with Crippen molar-refractivity contribution in [3.63, 3.8) is 0 Å². The van der Waals surface area contributed by atoms with Crippen LogP contribution in [0.1, 0.15) is 118 Å². The molecule has 1 aliphatic heterocycles. The highest BCUT2D eigenvalue weighted by atomic mass is 16.5. The average molecular weight is 992 g/mol. The Hall–Kier alpha value is -6.95. The first kappa shape index (κ1) is 56.0. The summed E-state index contributed by atoms with van der Waals surface area (Å²) >= 11 is 0. The second kappa shape index (κ2) is 25.4. The van der Waals surface area contributed by atoms with Crippen molar-refractivity contribution in [1.82, 2.24) is 35.8 Å². The summed E-state index contributed by atoms with van der Waals surface area (Å²) in [4.78, 5) is 93.3. The maximum Gasteiger partial charge on any atom is 0.302 e. The van der Waals surface area contributed by atoms with Crippen molar-refractivity contribution in [2.75, 3.05) is 43.5 Å². The zero-order valence-corrected chi connectivity index (χ0v) is 43.6. The van der Waals surface area contributed by atoms with E-state index >= 15 is 0 Å². The topological polar surface area (TPSA) is 223 Å². The first-order chi connectivity index (χ1) is 34.1. The molecule has 0 fully saturated rings. The van der Waals surface area contributed by atoms with Crippen molar-refractivity contribution in [1.29, 1.82) is 0 Å². The quantitative estimate of drug-likeness (QED) is 0.0539. The Bertz CT molecular complexity index is 2550. The molecule has 0 saturated carbocycles. The summed E-state index contributed by atoms with van der Waals surface area (Å²) in [5, 5.41) is 20.1. The van der Waals surface area contributed by atoms with Crippen LogP contribution in [0.2, 0.25) is 0 Å². The van der Waals surface area contributed by atoms with Gasteiger partial charge in [0, 0.05) is 81.2 Å². The van der Waals surface area contributed by atoms with Gasteiger partial charge in [0.2, 0.25) is 35.4 Å². The fourth-order valence-electron chi connectivity index (χ4n) is 8.07. The Morgan fingerprint density at radius 3 is 2.17 bits per heavy atom. The molecule has 5 rings (SSSR count). The zero-order chi connectivity index (χ0) is 52.8. The highest BCUT2D eigenvalue weighted by molar-refractivity contribution is 6.00. The van der Waals surface area contributed by atoms with E-state index in [-0.39, 0.29) is 81.0 Å². The van der Waals surface area contributed by atoms with Crippen LogP contribution in [-0.2, 0) is 56.2 Å². The summed E-state index contributed by atoms with van der Waals surface area (Å²) in [6.45, 7) is 17.6. The molecule has 4 N–H and O–H groups in total. The lowest BCUT2D eigenvalue weighted by Crippen LogP contribution is -2.51. The summed E-state index contributed by atoms with van der Waals surface area (Å²) in [5.74, 6) is -2.47. The minimum Gasteiger partial charge on any atom is -0.461 e. The lowest BCUT2D eigenvalue weighted by atomic mass is 9.88. The van der Waals surface area contributed by atoms with Crippen LogP contribution in [0.25, 0.3) is 22.5 Å². The molecule has 1 atom stereocenters. The highest BCUT2D eigenvalue weighted by Gasteiger charge is 2.32. The van der Waals surface area contributed by atoms with Gasteiger partial charge in [-0.05, 0) is 82.2 Å². The molecular weight excluding hydrogens is 919 g/mol. The fourth-order valence-corrected chi connectivity index (χ4v) is 8.07. The molecule has 388 valence electrons. The summed E-state index contributed by atoms with van der Waals surface area (Å²) in [7, 11) is 1.70. The number of esters is 1. The maximum absolute atomic E-state index is 14.0. The molecule has 3 aromatic carbocycles. The summed E-state index contributed by atoms with van der Waals surface area (Å²) in [5.41, 5.74) is 4.99. The second-order valence-corrected chi connectivity index (χ2v) is 20.2. The van der Waals surface area contributed by atoms with Crippen molar-refractivity contribution < 1.29 is 43.0 Å². The number of nitrogens with one attached hydrogen (secondary N) is 4. The van der Waals surface area contributed by atoms with Crippen molar-refractivity contribution >= 4 is 52.8 Å². The molecule has 1 unspecified atom stereocenters. The molecule has 6 amide bonds. The first-order valence-electron chi connectivity index (χ1n) is 24.8. The number of para-hydroxylation sites is 1. The third-order valence-electron chi connectivity index (χ3n) is 12.6. The highest BCUT2D eigenvalue weighted by Crippen LogP contribution is 2.42. The molecule has 18 heteroatoms. The van der Waals surface area contributed by atoms with Gasteiger partial charge in [-0.3, -0.25) is 33.6 Å². The SMILES string of the molecule is CC(=O)OCc1ccc(NC(=O)CNC(=O)C(NC(=O)CCCC(=O)N(C)CCC(C)(C)OCCC(C)(C)C(=O)NCCC(=O)N2Cc3ccccc3-c3c(nnn3C(C)C)-c3ccccc32)C(C)C)cc1. The number of carbonyl (C=O) groups is 7. The summed E-state index contributed by atoms with van der Waals surface area (Å²) in [6, 6.07) is 21.7. The Labute approximate surface area is 423 Å². The molecule has 0 aliphatic carbocycles. The molecule has 4 aromatic rings. The van der Waals surface area contributed by atoms with E-state index in [1.54, 1.807) is 55.0 Å². The smallest absolute Gasteiger partial charge is 0.302 e. The second-order valence-electron chi connectivity index (χ2n) is 20.2. The number of anilines is 2. The van der Waals surface area contributed by atoms with Crippen LogP contribution in [0.15, 0.2) is 72.8 Å². The third kappa shape index (κ3) is 15.8. The van der Waals surface area contributed by atoms with Crippen molar-refractivity contribution in [3.05, 3.63) is 83.9 Å². The molecule has 18 nitrogen and oxygen atoms in total. The third-order valence-corrected chi connectivity index (χ3v) is 12.6. The van der Waals surface area contributed by atoms with Gasteiger partial charge in [-0.1, -0.05) is 87.5 Å². The Morgan fingerprint density at radius 1 is 0.806 bits per heavy atom. The molecule has 1 aliphatic rings. The van der Waals surface area contributed by atoms with Crippen LogP contribution in [0.3, 0.4) is 0 Å². The lowest BCUT2D eigenvalue weighted by molar-refractivity contribution is -0.142. The van der Waals surface area contributed by atoms with Gasteiger partial charge in [0.15, 0.2) is 0 Å². The molecule has 0 saturated heterocycles. The number of hydrogen-bond donors (Lipinski definition) is 4. The van der Waals surface area contributed by atoms with E-state index in [0.29, 0.717) is 43.9 Å². The van der Waals surface area contributed by atoms with E-state index < -0.39 is 34.8 Å². The Kier molecular flexibility index (Phi) is 19.8. The van der Waals surface area contributed by atoms with E-state index in [2.05, 4.69) is 45.4 Å². The minimum absolute atomic E-state index is 0.0330.